The van der Waals surface area contributed by atoms with Gasteiger partial charge in [0.1, 0.15) is 7.26 Å². The lowest BCUT2D eigenvalue weighted by Crippen LogP contribution is -1.82. The van der Waals surface area contributed by atoms with Crippen LogP contribution in [0.4, 0.5) is 0 Å². The molecule has 0 aromatic rings. The Morgan fingerprint density at radius 2 is 0.576 bits per heavy atom. The first kappa shape index (κ1) is 32.4. The van der Waals surface area contributed by atoms with Crippen molar-refractivity contribution in [1.29, 1.82) is 0 Å². The van der Waals surface area contributed by atoms with E-state index in [-0.39, 0.29) is 0 Å². The van der Waals surface area contributed by atoms with Gasteiger partial charge in [0.2, 0.25) is 0 Å². The standard InChI is InChI=1S/C32H60P/c1-5-9-13-17-21-25-29-33(30-26-22-18-14-10-6-2,31-27-23-19-15-11-7-3)32-28-24-20-16-12-8-4/h25-32H,5-24H2,1-4H3/q+1. The molecule has 0 radical (unpaired) electrons. The lowest BCUT2D eigenvalue weighted by molar-refractivity contribution is 0.674. The summed E-state index contributed by atoms with van der Waals surface area (Å²) in [6.07, 6.45) is 36.6. The molecule has 0 spiro atoms. The Morgan fingerprint density at radius 3 is 0.788 bits per heavy atom. The van der Waals surface area contributed by atoms with Crippen molar-refractivity contribution in [1.82, 2.24) is 0 Å². The third-order valence-electron chi connectivity index (χ3n) is 6.35. The Kier molecular flexibility index (Phi) is 25.5. The maximum absolute atomic E-state index is 2.60. The number of hydrogen-bond acceptors (Lipinski definition) is 0. The van der Waals surface area contributed by atoms with Gasteiger partial charge in [-0.05, 0) is 75.7 Å². The molecule has 0 aliphatic rings. The molecule has 0 rings (SSSR count). The van der Waals surface area contributed by atoms with Gasteiger partial charge in [-0.1, -0.05) is 105 Å². The predicted molar refractivity (Wildman–Crippen MR) is 159 cm³/mol. The van der Waals surface area contributed by atoms with Crippen LogP contribution in [-0.2, 0) is 0 Å². The summed E-state index contributed by atoms with van der Waals surface area (Å²) in [5, 5.41) is 0. The molecule has 0 bridgehead atoms. The van der Waals surface area contributed by atoms with Crippen molar-refractivity contribution < 1.29 is 0 Å². The molecule has 0 aliphatic carbocycles. The fourth-order valence-corrected chi connectivity index (χ4v) is 6.74. The zero-order valence-corrected chi connectivity index (χ0v) is 24.1. The Morgan fingerprint density at radius 1 is 0.333 bits per heavy atom. The van der Waals surface area contributed by atoms with Crippen LogP contribution in [0.2, 0.25) is 0 Å². The first-order valence-corrected chi connectivity index (χ1v) is 16.9. The van der Waals surface area contributed by atoms with Gasteiger partial charge >= 0.3 is 0 Å². The minimum Gasteiger partial charge on any atom is -0.0654 e. The first-order valence-electron chi connectivity index (χ1n) is 14.8. The molecule has 0 atom stereocenters. The van der Waals surface area contributed by atoms with E-state index in [1.807, 2.05) is 0 Å². The summed E-state index contributed by atoms with van der Waals surface area (Å²) in [6, 6.07) is 0. The van der Waals surface area contributed by atoms with E-state index in [2.05, 4.69) is 75.3 Å². The minimum atomic E-state index is -1.44. The molecule has 0 fully saturated rings. The molecular weight excluding hydrogens is 415 g/mol. The van der Waals surface area contributed by atoms with Crippen molar-refractivity contribution in [2.75, 3.05) is 0 Å². The van der Waals surface area contributed by atoms with Crippen molar-refractivity contribution in [3.63, 3.8) is 0 Å². The van der Waals surface area contributed by atoms with Crippen LogP contribution in [-0.4, -0.2) is 0 Å². The van der Waals surface area contributed by atoms with Gasteiger partial charge in [0, 0.05) is 0 Å². The van der Waals surface area contributed by atoms with E-state index in [1.54, 1.807) is 0 Å². The molecule has 0 saturated heterocycles. The lowest BCUT2D eigenvalue weighted by Gasteiger charge is -2.11. The van der Waals surface area contributed by atoms with Gasteiger partial charge in [-0.2, -0.15) is 0 Å². The maximum atomic E-state index is 2.60. The topological polar surface area (TPSA) is 0 Å². The van der Waals surface area contributed by atoms with E-state index >= 15 is 0 Å². The molecular formula is C32H60P+. The molecule has 0 aromatic heterocycles. The highest BCUT2D eigenvalue weighted by Crippen LogP contribution is 2.65. The molecule has 192 valence electrons. The van der Waals surface area contributed by atoms with E-state index in [4.69, 9.17) is 0 Å². The van der Waals surface area contributed by atoms with Crippen LogP contribution in [0.5, 0.6) is 0 Å². The molecule has 0 saturated carbocycles. The second kappa shape index (κ2) is 26.0. The van der Waals surface area contributed by atoms with Crippen molar-refractivity contribution in [3.05, 3.63) is 47.6 Å². The summed E-state index contributed by atoms with van der Waals surface area (Å²) < 4.78 is 0. The average Bonchev–Trinajstić information content (AvgIpc) is 2.83. The zero-order chi connectivity index (χ0) is 24.3. The highest BCUT2D eigenvalue weighted by molar-refractivity contribution is 7.87. The second-order valence-corrected chi connectivity index (χ2v) is 12.8. The van der Waals surface area contributed by atoms with Crippen LogP contribution >= 0.6 is 7.26 Å². The van der Waals surface area contributed by atoms with Gasteiger partial charge in [0.05, 0.1) is 23.3 Å². The summed E-state index contributed by atoms with van der Waals surface area (Å²) in [6.45, 7) is 9.20. The van der Waals surface area contributed by atoms with Gasteiger partial charge in [-0.15, -0.1) is 0 Å². The van der Waals surface area contributed by atoms with Gasteiger partial charge < -0.3 is 0 Å². The van der Waals surface area contributed by atoms with Crippen LogP contribution in [0.15, 0.2) is 47.6 Å². The van der Waals surface area contributed by atoms with E-state index < -0.39 is 7.26 Å². The second-order valence-electron chi connectivity index (χ2n) is 9.83. The number of unbranched alkanes of at least 4 members (excludes halogenated alkanes) is 16. The Bertz CT molecular complexity index is 403. The summed E-state index contributed by atoms with van der Waals surface area (Å²) in [4.78, 5) is 0. The van der Waals surface area contributed by atoms with Crippen molar-refractivity contribution in [2.45, 2.75) is 156 Å². The molecule has 0 aromatic carbocycles. The van der Waals surface area contributed by atoms with Crippen LogP contribution in [0, 0.1) is 0 Å². The molecule has 33 heavy (non-hydrogen) atoms. The van der Waals surface area contributed by atoms with Gasteiger partial charge in [-0.25, -0.2) is 0 Å². The highest BCUT2D eigenvalue weighted by Gasteiger charge is 2.25. The molecule has 0 amide bonds. The third-order valence-corrected chi connectivity index (χ3v) is 9.26. The number of hydrogen-bond donors (Lipinski definition) is 0. The lowest BCUT2D eigenvalue weighted by atomic mass is 10.2. The highest BCUT2D eigenvalue weighted by atomic mass is 31.2. The summed E-state index contributed by atoms with van der Waals surface area (Å²) in [5.41, 5.74) is 0. The molecule has 0 nitrogen and oxygen atoms in total. The van der Waals surface area contributed by atoms with Gasteiger partial charge in [0.15, 0.2) is 0 Å². The number of rotatable bonds is 24. The predicted octanol–water partition coefficient (Wildman–Crippen LogP) is 12.9. The smallest absolute Gasteiger partial charge is 0.0654 e. The molecule has 0 unspecified atom stereocenters. The van der Waals surface area contributed by atoms with Crippen LogP contribution in [0.3, 0.4) is 0 Å². The molecule has 1 heteroatoms. The Labute approximate surface area is 210 Å². The van der Waals surface area contributed by atoms with Crippen LogP contribution < -0.4 is 0 Å². The molecule has 0 heterocycles. The van der Waals surface area contributed by atoms with Crippen molar-refractivity contribution in [3.8, 4) is 0 Å². The summed E-state index contributed by atoms with van der Waals surface area (Å²) in [7, 11) is -1.44. The minimum absolute atomic E-state index is 1.24. The third kappa shape index (κ3) is 21.6. The average molecular weight is 476 g/mol. The van der Waals surface area contributed by atoms with Crippen molar-refractivity contribution >= 4 is 7.26 Å². The normalized spacial score (nSPS) is 14.4. The van der Waals surface area contributed by atoms with E-state index in [0.717, 1.165) is 0 Å². The Hall–Kier alpha value is -0.610. The molecule has 0 N–H and O–H groups in total. The maximum Gasteiger partial charge on any atom is 0.113 e. The fourth-order valence-electron chi connectivity index (χ4n) is 4.08. The van der Waals surface area contributed by atoms with Gasteiger partial charge in [-0.3, -0.25) is 0 Å². The summed E-state index contributed by atoms with van der Waals surface area (Å²) >= 11 is 0. The van der Waals surface area contributed by atoms with Crippen molar-refractivity contribution in [2.24, 2.45) is 0 Å². The van der Waals surface area contributed by atoms with Crippen LogP contribution in [0.25, 0.3) is 0 Å². The summed E-state index contributed by atoms with van der Waals surface area (Å²) in [5.74, 6) is 10.4. The SMILES string of the molecule is CCCCCCC=C[P+](C=CCCCCCC)(C=CCCCCCC)C=CCCCCCC. The quantitative estimate of drug-likeness (QED) is 0.0961. The first-order chi connectivity index (χ1) is 16.2. The monoisotopic (exact) mass is 475 g/mol. The number of allylic oxidation sites excluding steroid dienone is 4. The van der Waals surface area contributed by atoms with Crippen LogP contribution in [0.1, 0.15) is 156 Å². The van der Waals surface area contributed by atoms with E-state index in [9.17, 15) is 0 Å². The molecule has 0 aliphatic heterocycles. The zero-order valence-electron chi connectivity index (χ0n) is 23.2. The van der Waals surface area contributed by atoms with E-state index in [0.29, 0.717) is 0 Å². The largest absolute Gasteiger partial charge is 0.113 e. The Balaban J connectivity index is 5.27. The van der Waals surface area contributed by atoms with E-state index in [1.165, 1.54) is 128 Å². The fraction of sp³-hybridized carbons (Fsp3) is 0.750. The van der Waals surface area contributed by atoms with Gasteiger partial charge in [0.25, 0.3) is 0 Å².